The maximum atomic E-state index is 5.51. The summed E-state index contributed by atoms with van der Waals surface area (Å²) in [5, 5.41) is 1.94. The molecule has 9 heavy (non-hydrogen) atoms. The first kappa shape index (κ1) is 7.03. The lowest BCUT2D eigenvalue weighted by Gasteiger charge is -2.21. The molecule has 0 aromatic rings. The van der Waals surface area contributed by atoms with E-state index in [-0.39, 0.29) is 5.60 Å². The van der Waals surface area contributed by atoms with Gasteiger partial charge in [-0.3, -0.25) is 0 Å². The zero-order valence-electron chi connectivity index (χ0n) is 6.02. The van der Waals surface area contributed by atoms with Crippen LogP contribution in [0.4, 0.5) is 0 Å². The van der Waals surface area contributed by atoms with E-state index in [1.807, 2.05) is 5.32 Å². The van der Waals surface area contributed by atoms with Crippen molar-refractivity contribution in [2.24, 2.45) is 0 Å². The van der Waals surface area contributed by atoms with Crippen LogP contribution in [0.15, 0.2) is 0 Å². The summed E-state index contributed by atoms with van der Waals surface area (Å²) in [6.07, 6.45) is 2.41. The summed E-state index contributed by atoms with van der Waals surface area (Å²) >= 11 is 0. The van der Waals surface area contributed by atoms with Gasteiger partial charge >= 0.3 is 0 Å². The first-order valence-corrected chi connectivity index (χ1v) is 3.52. The molecule has 2 heteroatoms. The van der Waals surface area contributed by atoms with Gasteiger partial charge in [-0.2, -0.15) is 7.05 Å². The highest BCUT2D eigenvalue weighted by molar-refractivity contribution is 4.78. The van der Waals surface area contributed by atoms with Crippen molar-refractivity contribution in [1.82, 2.24) is 0 Å². The van der Waals surface area contributed by atoms with Gasteiger partial charge in [0, 0.05) is 6.61 Å². The first-order valence-electron chi connectivity index (χ1n) is 3.52. The van der Waals surface area contributed by atoms with Crippen molar-refractivity contribution in [3.8, 4) is 0 Å². The second kappa shape index (κ2) is 2.67. The number of quaternary nitrogens is 1. The van der Waals surface area contributed by atoms with Crippen LogP contribution in [-0.4, -0.2) is 18.8 Å². The fourth-order valence-electron chi connectivity index (χ4n) is 1.30. The van der Waals surface area contributed by atoms with E-state index in [2.05, 4.69) is 14.0 Å². The van der Waals surface area contributed by atoms with E-state index in [0.29, 0.717) is 0 Å². The molecular weight excluding hydrogens is 114 g/mol. The molecule has 2 nitrogen and oxygen atoms in total. The molecule has 0 saturated carbocycles. The molecule has 0 spiro atoms. The fraction of sp³-hybridized carbons (Fsp3) is 0.857. The number of hydrogen-bond donors (Lipinski definition) is 1. The van der Waals surface area contributed by atoms with Gasteiger partial charge in [-0.25, -0.2) is 0 Å². The summed E-state index contributed by atoms with van der Waals surface area (Å²) in [5.41, 5.74) is 0.127. The van der Waals surface area contributed by atoms with Crippen LogP contribution in [0.1, 0.15) is 19.8 Å². The Bertz CT molecular complexity index is 86.9. The summed E-state index contributed by atoms with van der Waals surface area (Å²) in [7, 11) is 3.69. The van der Waals surface area contributed by atoms with Gasteiger partial charge in [-0.05, 0) is 19.8 Å². The molecule has 1 fully saturated rings. The summed E-state index contributed by atoms with van der Waals surface area (Å²) < 4.78 is 5.51. The largest absolute Gasteiger partial charge is 0.476 e. The SMILES string of the molecule is [CH2-][NH2+]CC1(C)CCCO1. The Labute approximate surface area is 56.6 Å². The van der Waals surface area contributed by atoms with Crippen molar-refractivity contribution >= 4 is 0 Å². The Hall–Kier alpha value is -0.0800. The van der Waals surface area contributed by atoms with Gasteiger partial charge in [0.25, 0.3) is 0 Å². The van der Waals surface area contributed by atoms with Crippen LogP contribution < -0.4 is 5.32 Å². The zero-order valence-corrected chi connectivity index (χ0v) is 6.02. The Balaban J connectivity index is 2.32. The Kier molecular flexibility index (Phi) is 2.09. The molecule has 0 radical (unpaired) electrons. The summed E-state index contributed by atoms with van der Waals surface area (Å²) in [6.45, 7) is 4.08. The molecule has 0 bridgehead atoms. The zero-order chi connectivity index (χ0) is 6.74. The Morgan fingerprint density at radius 2 is 2.56 bits per heavy atom. The Morgan fingerprint density at radius 1 is 1.78 bits per heavy atom. The van der Waals surface area contributed by atoms with Crippen LogP contribution in [0.25, 0.3) is 0 Å². The maximum Gasteiger partial charge on any atom is 0.112 e. The van der Waals surface area contributed by atoms with Gasteiger partial charge < -0.3 is 10.1 Å². The van der Waals surface area contributed by atoms with Gasteiger partial charge in [0.2, 0.25) is 0 Å². The van der Waals surface area contributed by atoms with Crippen molar-refractivity contribution in [1.29, 1.82) is 0 Å². The minimum atomic E-state index is 0.127. The fourth-order valence-corrected chi connectivity index (χ4v) is 1.30. The predicted molar refractivity (Wildman–Crippen MR) is 35.7 cm³/mol. The van der Waals surface area contributed by atoms with Gasteiger partial charge in [0.1, 0.15) is 5.60 Å². The van der Waals surface area contributed by atoms with E-state index in [1.165, 1.54) is 12.8 Å². The molecule has 0 aromatic heterocycles. The molecule has 1 heterocycles. The lowest BCUT2D eigenvalue weighted by molar-refractivity contribution is -0.609. The molecule has 0 aliphatic carbocycles. The van der Waals surface area contributed by atoms with Gasteiger partial charge in [-0.1, -0.05) is 0 Å². The van der Waals surface area contributed by atoms with Gasteiger partial charge in [0.15, 0.2) is 0 Å². The molecule has 0 aromatic carbocycles. The van der Waals surface area contributed by atoms with Crippen molar-refractivity contribution in [3.05, 3.63) is 7.05 Å². The molecule has 1 aliphatic rings. The summed E-state index contributed by atoms with van der Waals surface area (Å²) in [6, 6.07) is 0. The third-order valence-electron chi connectivity index (χ3n) is 1.88. The average molecular weight is 129 g/mol. The number of hydrogen-bond acceptors (Lipinski definition) is 1. The molecule has 1 unspecified atom stereocenters. The summed E-state index contributed by atoms with van der Waals surface area (Å²) in [5.74, 6) is 0. The second-order valence-corrected chi connectivity index (χ2v) is 2.89. The van der Waals surface area contributed by atoms with Gasteiger partial charge in [-0.15, -0.1) is 0 Å². The predicted octanol–water partition coefficient (Wildman–Crippen LogP) is -0.0895. The van der Waals surface area contributed by atoms with E-state index in [0.717, 1.165) is 13.2 Å². The average Bonchev–Trinajstić information content (AvgIpc) is 2.16. The van der Waals surface area contributed by atoms with E-state index < -0.39 is 0 Å². The number of rotatable bonds is 2. The smallest absolute Gasteiger partial charge is 0.112 e. The minimum Gasteiger partial charge on any atom is -0.476 e. The van der Waals surface area contributed by atoms with Crippen molar-refractivity contribution in [2.45, 2.75) is 25.4 Å². The highest BCUT2D eigenvalue weighted by atomic mass is 16.5. The minimum absolute atomic E-state index is 0.127. The topological polar surface area (TPSA) is 25.8 Å². The molecule has 2 N–H and O–H groups in total. The molecule has 1 aliphatic heterocycles. The van der Waals surface area contributed by atoms with Gasteiger partial charge in [0.05, 0.1) is 6.54 Å². The van der Waals surface area contributed by atoms with Crippen LogP contribution in [0.3, 0.4) is 0 Å². The van der Waals surface area contributed by atoms with Crippen molar-refractivity contribution in [3.63, 3.8) is 0 Å². The molecular formula is C7H15NO. The molecule has 0 amide bonds. The van der Waals surface area contributed by atoms with E-state index in [1.54, 1.807) is 0 Å². The lowest BCUT2D eigenvalue weighted by atomic mass is 10.0. The third kappa shape index (κ3) is 1.66. The second-order valence-electron chi connectivity index (χ2n) is 2.89. The highest BCUT2D eigenvalue weighted by Gasteiger charge is 2.29. The first-order chi connectivity index (χ1) is 4.27. The monoisotopic (exact) mass is 129 g/mol. The molecule has 1 saturated heterocycles. The quantitative estimate of drug-likeness (QED) is 0.518. The van der Waals surface area contributed by atoms with E-state index in [4.69, 9.17) is 4.74 Å². The molecule has 54 valence electrons. The normalized spacial score (nSPS) is 35.3. The van der Waals surface area contributed by atoms with Crippen LogP contribution in [0.5, 0.6) is 0 Å². The number of ether oxygens (including phenoxy) is 1. The van der Waals surface area contributed by atoms with Crippen LogP contribution in [0, 0.1) is 7.05 Å². The van der Waals surface area contributed by atoms with E-state index >= 15 is 0 Å². The molecule has 1 rings (SSSR count). The highest BCUT2D eigenvalue weighted by Crippen LogP contribution is 2.22. The van der Waals surface area contributed by atoms with Crippen molar-refractivity contribution in [2.75, 3.05) is 13.2 Å². The van der Waals surface area contributed by atoms with Crippen LogP contribution >= 0.6 is 0 Å². The standard InChI is InChI=1S/C7H15NO/c1-7(6-8-2)4-3-5-9-7/h2-6,8H2,1H3. The third-order valence-corrected chi connectivity index (χ3v) is 1.88. The maximum absolute atomic E-state index is 5.51. The van der Waals surface area contributed by atoms with E-state index in [9.17, 15) is 0 Å². The number of nitrogens with two attached hydrogens (primary N) is 1. The van der Waals surface area contributed by atoms with Crippen LogP contribution in [-0.2, 0) is 4.74 Å². The molecule has 1 atom stereocenters. The van der Waals surface area contributed by atoms with Crippen molar-refractivity contribution < 1.29 is 10.1 Å². The summed E-state index contributed by atoms with van der Waals surface area (Å²) in [4.78, 5) is 0. The lowest BCUT2D eigenvalue weighted by Crippen LogP contribution is -2.81. The van der Waals surface area contributed by atoms with Crippen LogP contribution in [0.2, 0.25) is 0 Å². The Morgan fingerprint density at radius 3 is 3.00 bits per heavy atom.